The smallest absolute Gasteiger partial charge is 0.0379 e. The maximum Gasteiger partial charge on any atom is 0.0379 e. The highest BCUT2D eigenvalue weighted by atomic mass is 31.1. The predicted molar refractivity (Wildman–Crippen MR) is 158 cm³/mol. The number of fused-ring (bicyclic) bond motifs is 1. The van der Waals surface area contributed by atoms with E-state index in [0.717, 1.165) is 40.8 Å². The van der Waals surface area contributed by atoms with Crippen LogP contribution in [0, 0.1) is 6.92 Å². The molecule has 3 nitrogen and oxygen atoms in total. The lowest BCUT2D eigenvalue weighted by atomic mass is 9.93. The zero-order chi connectivity index (χ0) is 25.3. The summed E-state index contributed by atoms with van der Waals surface area (Å²) in [5.74, 6) is 0.638. The van der Waals surface area contributed by atoms with Crippen molar-refractivity contribution in [2.24, 2.45) is 0 Å². The summed E-state index contributed by atoms with van der Waals surface area (Å²) in [5.41, 5.74) is 10.3. The molecule has 0 spiro atoms. The molecule has 1 aliphatic rings. The van der Waals surface area contributed by atoms with Gasteiger partial charge in [-0.15, -0.1) is 8.58 Å². The van der Waals surface area contributed by atoms with E-state index in [1.165, 1.54) is 40.5 Å². The van der Waals surface area contributed by atoms with Crippen LogP contribution in [0.1, 0.15) is 81.2 Å². The van der Waals surface area contributed by atoms with E-state index < -0.39 is 0 Å². The molecule has 34 heavy (non-hydrogen) atoms. The average Bonchev–Trinajstić information content (AvgIpc) is 3.30. The first-order valence-electron chi connectivity index (χ1n) is 13.3. The number of benzene rings is 2. The van der Waals surface area contributed by atoms with Crippen molar-refractivity contribution < 1.29 is 0 Å². The monoisotopic (exact) mass is 483 g/mol. The zero-order valence-electron chi connectivity index (χ0n) is 23.1. The molecule has 3 N–H and O–H groups in total. The first kappa shape index (κ1) is 30.4. The molecule has 3 rings (SSSR count). The fraction of sp³-hybridized carbons (Fsp3) is 0.533. The van der Waals surface area contributed by atoms with Crippen LogP contribution >= 0.6 is 8.58 Å². The van der Waals surface area contributed by atoms with E-state index >= 15 is 0 Å². The Morgan fingerprint density at radius 3 is 2.29 bits per heavy atom. The van der Waals surface area contributed by atoms with Crippen molar-refractivity contribution >= 4 is 19.8 Å². The second-order valence-electron chi connectivity index (χ2n) is 8.23. The van der Waals surface area contributed by atoms with Gasteiger partial charge in [0.25, 0.3) is 0 Å². The van der Waals surface area contributed by atoms with Crippen LogP contribution in [0.25, 0.3) is 5.57 Å². The lowest BCUT2D eigenvalue weighted by molar-refractivity contribution is 0.631. The minimum atomic E-state index is 0.638. The lowest BCUT2D eigenvalue weighted by Crippen LogP contribution is -2.13. The Balaban J connectivity index is 0.00000137. The number of aryl methyl sites for hydroxylation is 1. The van der Waals surface area contributed by atoms with Gasteiger partial charge in [0.05, 0.1) is 0 Å². The highest BCUT2D eigenvalue weighted by molar-refractivity contribution is 7.36. The molecule has 1 aliphatic heterocycles. The normalized spacial score (nSPS) is 14.7. The molecule has 0 bridgehead atoms. The minimum Gasteiger partial charge on any atom is -0.384 e. The summed E-state index contributed by atoms with van der Waals surface area (Å²) in [6, 6.07) is 13.6. The van der Waals surface area contributed by atoms with Gasteiger partial charge in [-0.25, -0.2) is 0 Å². The summed E-state index contributed by atoms with van der Waals surface area (Å²) in [4.78, 5) is 0. The van der Waals surface area contributed by atoms with E-state index in [1.807, 2.05) is 41.8 Å². The molecular weight excluding hydrogens is 433 g/mol. The van der Waals surface area contributed by atoms with Gasteiger partial charge in [0.1, 0.15) is 0 Å². The molecule has 0 saturated carbocycles. The van der Waals surface area contributed by atoms with Gasteiger partial charge in [-0.2, -0.15) is 0 Å². The van der Waals surface area contributed by atoms with E-state index in [2.05, 4.69) is 72.3 Å². The highest BCUT2D eigenvalue weighted by Crippen LogP contribution is 2.39. The molecule has 0 saturated heterocycles. The third-order valence-corrected chi connectivity index (χ3v) is 7.45. The molecule has 0 radical (unpaired) electrons. The van der Waals surface area contributed by atoms with Crippen molar-refractivity contribution in [1.29, 1.82) is 0 Å². The van der Waals surface area contributed by atoms with Gasteiger partial charge in [0.15, 0.2) is 0 Å². The van der Waals surface area contributed by atoms with E-state index in [9.17, 15) is 0 Å². The number of hydrogen-bond donors (Lipinski definition) is 3. The number of rotatable bonds is 11. The first-order valence-corrected chi connectivity index (χ1v) is 14.7. The van der Waals surface area contributed by atoms with Crippen molar-refractivity contribution in [3.63, 3.8) is 0 Å². The van der Waals surface area contributed by atoms with Gasteiger partial charge in [0.2, 0.25) is 0 Å². The number of anilines is 1. The Bertz CT molecular complexity index is 860. The average molecular weight is 484 g/mol. The molecule has 2 aromatic carbocycles. The molecule has 0 amide bonds. The zero-order valence-corrected chi connectivity index (χ0v) is 24.1. The summed E-state index contributed by atoms with van der Waals surface area (Å²) < 4.78 is 0. The molecular formula is C30H50N3P. The van der Waals surface area contributed by atoms with E-state index in [4.69, 9.17) is 0 Å². The lowest BCUT2D eigenvalue weighted by Gasteiger charge is -2.17. The number of hydrogen-bond acceptors (Lipinski definition) is 3. The van der Waals surface area contributed by atoms with Crippen LogP contribution in [0.3, 0.4) is 0 Å². The van der Waals surface area contributed by atoms with Crippen LogP contribution in [-0.4, -0.2) is 33.7 Å². The fourth-order valence-electron chi connectivity index (χ4n) is 4.64. The first-order chi connectivity index (χ1) is 16.7. The molecule has 2 unspecified atom stereocenters. The third kappa shape index (κ3) is 8.52. The number of nitrogens with one attached hydrogen (secondary N) is 3. The summed E-state index contributed by atoms with van der Waals surface area (Å²) in [6.45, 7) is 15.6. The van der Waals surface area contributed by atoms with Crippen LogP contribution in [0.5, 0.6) is 0 Å². The largest absolute Gasteiger partial charge is 0.384 e. The van der Waals surface area contributed by atoms with Crippen molar-refractivity contribution in [2.45, 2.75) is 72.6 Å². The molecule has 0 fully saturated rings. The fourth-order valence-corrected chi connectivity index (χ4v) is 5.91. The van der Waals surface area contributed by atoms with Crippen molar-refractivity contribution in [2.75, 3.05) is 39.0 Å². The highest BCUT2D eigenvalue weighted by Gasteiger charge is 2.24. The number of allylic oxidation sites excluding steroid dienone is 1. The van der Waals surface area contributed by atoms with Gasteiger partial charge < -0.3 is 16.0 Å². The van der Waals surface area contributed by atoms with Gasteiger partial charge in [0, 0.05) is 18.2 Å². The Kier molecular flexibility index (Phi) is 15.8. The topological polar surface area (TPSA) is 36.1 Å². The Morgan fingerprint density at radius 1 is 0.971 bits per heavy atom. The molecule has 2 atom stereocenters. The second-order valence-corrected chi connectivity index (χ2v) is 9.44. The van der Waals surface area contributed by atoms with Crippen molar-refractivity contribution in [1.82, 2.24) is 10.6 Å². The summed E-state index contributed by atoms with van der Waals surface area (Å²) >= 11 is 0. The van der Waals surface area contributed by atoms with Crippen molar-refractivity contribution in [3.05, 3.63) is 70.3 Å². The summed E-state index contributed by atoms with van der Waals surface area (Å²) in [5, 5.41) is 10.2. The quantitative estimate of drug-likeness (QED) is 0.289. The van der Waals surface area contributed by atoms with E-state index in [-0.39, 0.29) is 0 Å². The maximum atomic E-state index is 3.63. The molecule has 4 heteroatoms. The van der Waals surface area contributed by atoms with Gasteiger partial charge >= 0.3 is 0 Å². The van der Waals surface area contributed by atoms with Crippen molar-refractivity contribution in [3.8, 4) is 0 Å². The minimum absolute atomic E-state index is 0.638. The van der Waals surface area contributed by atoms with Gasteiger partial charge in [-0.1, -0.05) is 64.1 Å². The molecule has 1 heterocycles. The summed E-state index contributed by atoms with van der Waals surface area (Å²) in [6.07, 6.45) is 6.92. The second kappa shape index (κ2) is 17.7. The van der Waals surface area contributed by atoms with Gasteiger partial charge in [-0.3, -0.25) is 0 Å². The van der Waals surface area contributed by atoms with Crippen LogP contribution in [0.15, 0.2) is 42.5 Å². The van der Waals surface area contributed by atoms with Gasteiger partial charge in [-0.05, 0) is 106 Å². The van der Waals surface area contributed by atoms with Crippen LogP contribution in [-0.2, 0) is 12.3 Å². The molecule has 0 aliphatic carbocycles. The molecule has 190 valence electrons. The maximum absolute atomic E-state index is 3.63. The Labute approximate surface area is 212 Å². The van der Waals surface area contributed by atoms with E-state index in [0.29, 0.717) is 5.92 Å². The molecule has 0 aromatic heterocycles. The predicted octanol–water partition coefficient (Wildman–Crippen LogP) is 7.56. The Hall–Kier alpha value is -1.67. The van der Waals surface area contributed by atoms with Crippen LogP contribution < -0.4 is 16.0 Å². The van der Waals surface area contributed by atoms with E-state index in [1.54, 1.807) is 11.1 Å². The Morgan fingerprint density at radius 2 is 1.62 bits per heavy atom. The third-order valence-electron chi connectivity index (χ3n) is 6.19. The standard InChI is InChI=1S/C26H38N3P.2C2H6/c1-5-20(12-14-27-3)25-19(2)8-6-9-22(25)17-30-18-23-10-7-11-24-26(23)21(16-29-24)13-15-28-4;2*1-2/h5-11,21,27-30H,12-18H2,1-4H3;2*1-2H3/b20-5-;;. The molecule has 2 aromatic rings. The van der Waals surface area contributed by atoms with Crippen LogP contribution in [0.2, 0.25) is 0 Å². The SMILES string of the molecule is C/C=C(/CCNC)c1c(C)cccc1CPCc1cccc2c1C(CCNC)CN2.CC.CC. The summed E-state index contributed by atoms with van der Waals surface area (Å²) in [7, 11) is 4.99. The van der Waals surface area contributed by atoms with Crippen LogP contribution in [0.4, 0.5) is 5.69 Å².